The van der Waals surface area contributed by atoms with Crippen molar-refractivity contribution in [3.05, 3.63) is 60.7 Å². The van der Waals surface area contributed by atoms with Crippen molar-refractivity contribution >= 4 is 35.0 Å². The Bertz CT molecular complexity index is 1040. The fourth-order valence-corrected chi connectivity index (χ4v) is 3.39. The Morgan fingerprint density at radius 1 is 0.567 bits per heavy atom. The summed E-state index contributed by atoms with van der Waals surface area (Å²) in [6.45, 7) is 0. The highest BCUT2D eigenvalue weighted by atomic mass is 16.5. The fraction of sp³-hybridized carbons (Fsp3) is 0.0909. The average molecular weight is 404 g/mol. The summed E-state index contributed by atoms with van der Waals surface area (Å²) < 4.78 is 11.0. The summed E-state index contributed by atoms with van der Waals surface area (Å²) >= 11 is 0. The van der Waals surface area contributed by atoms with Gasteiger partial charge in [-0.05, 0) is 24.3 Å². The minimum Gasteiger partial charge on any atom is -0.496 e. The summed E-state index contributed by atoms with van der Waals surface area (Å²) in [5.74, 6) is -0.867. The maximum atomic E-state index is 11.9. The zero-order valence-electron chi connectivity index (χ0n) is 16.1. The molecule has 0 unspecified atom stereocenters. The Morgan fingerprint density at radius 3 is 1.20 bits per heavy atom. The molecule has 4 rings (SSSR count). The van der Waals surface area contributed by atoms with Gasteiger partial charge in [0.25, 0.3) is 23.6 Å². The molecule has 2 aliphatic heterocycles. The molecule has 8 nitrogen and oxygen atoms in total. The number of rotatable bonds is 5. The third-order valence-corrected chi connectivity index (χ3v) is 4.80. The molecule has 8 heteroatoms. The number of hydrogen-bond donors (Lipinski definition) is 0. The smallest absolute Gasteiger partial charge is 0.258 e. The molecule has 30 heavy (non-hydrogen) atoms. The first kappa shape index (κ1) is 19.1. The van der Waals surface area contributed by atoms with Crippen LogP contribution in [0.1, 0.15) is 0 Å². The molecule has 2 heterocycles. The van der Waals surface area contributed by atoms with Gasteiger partial charge < -0.3 is 9.47 Å². The fourth-order valence-electron chi connectivity index (χ4n) is 3.39. The first-order valence-corrected chi connectivity index (χ1v) is 8.93. The van der Waals surface area contributed by atoms with Crippen LogP contribution in [0.3, 0.4) is 0 Å². The molecule has 0 aromatic heterocycles. The molecule has 0 saturated heterocycles. The van der Waals surface area contributed by atoms with E-state index in [-0.39, 0.29) is 0 Å². The van der Waals surface area contributed by atoms with E-state index in [1.807, 2.05) is 0 Å². The van der Waals surface area contributed by atoms with Crippen LogP contribution < -0.4 is 19.3 Å². The minimum absolute atomic E-state index is 0.380. The molecular weight excluding hydrogens is 388 g/mol. The lowest BCUT2D eigenvalue weighted by Gasteiger charge is -2.19. The Labute approximate surface area is 171 Å². The zero-order valence-corrected chi connectivity index (χ0v) is 16.1. The maximum absolute atomic E-state index is 11.9. The van der Waals surface area contributed by atoms with Crippen molar-refractivity contribution in [1.29, 1.82) is 0 Å². The van der Waals surface area contributed by atoms with Gasteiger partial charge in [0.15, 0.2) is 0 Å². The highest BCUT2D eigenvalue weighted by Gasteiger charge is 2.28. The number of imide groups is 2. The first-order valence-electron chi connectivity index (χ1n) is 8.93. The number of nitrogens with zero attached hydrogens (tertiary/aromatic N) is 2. The van der Waals surface area contributed by atoms with Crippen LogP contribution in [0.2, 0.25) is 0 Å². The van der Waals surface area contributed by atoms with Gasteiger partial charge in [-0.3, -0.25) is 19.2 Å². The normalized spacial score (nSPS) is 15.5. The number of amides is 4. The number of carbonyl (C=O) groups excluding carboxylic acids is 4. The number of anilines is 2. The van der Waals surface area contributed by atoms with Crippen LogP contribution in [-0.2, 0) is 19.2 Å². The molecule has 0 spiro atoms. The molecule has 0 fully saturated rings. The molecule has 0 aliphatic carbocycles. The van der Waals surface area contributed by atoms with Crippen LogP contribution in [0.5, 0.6) is 11.5 Å². The second kappa shape index (κ2) is 7.32. The van der Waals surface area contributed by atoms with E-state index in [4.69, 9.17) is 9.47 Å². The highest BCUT2D eigenvalue weighted by molar-refractivity contribution is 6.29. The molecule has 2 aromatic carbocycles. The van der Waals surface area contributed by atoms with Crippen molar-refractivity contribution in [2.45, 2.75) is 0 Å². The van der Waals surface area contributed by atoms with Crippen molar-refractivity contribution < 1.29 is 28.7 Å². The second-order valence-electron chi connectivity index (χ2n) is 6.46. The molecular formula is C22H16N2O6. The number of ether oxygens (including phenoxy) is 2. The van der Waals surface area contributed by atoms with E-state index in [9.17, 15) is 19.2 Å². The van der Waals surface area contributed by atoms with E-state index in [2.05, 4.69) is 0 Å². The van der Waals surface area contributed by atoms with Gasteiger partial charge >= 0.3 is 0 Å². The third-order valence-electron chi connectivity index (χ3n) is 4.80. The number of methoxy groups -OCH3 is 2. The van der Waals surface area contributed by atoms with Crippen molar-refractivity contribution in [3.63, 3.8) is 0 Å². The lowest BCUT2D eigenvalue weighted by atomic mass is 10.0. The molecule has 0 atom stereocenters. The Morgan fingerprint density at radius 2 is 0.900 bits per heavy atom. The number of hydrogen-bond acceptors (Lipinski definition) is 6. The van der Waals surface area contributed by atoms with Gasteiger partial charge in [0.05, 0.1) is 25.6 Å². The molecule has 150 valence electrons. The van der Waals surface area contributed by atoms with Crippen molar-refractivity contribution in [1.82, 2.24) is 0 Å². The Kier molecular flexibility index (Phi) is 4.67. The van der Waals surface area contributed by atoms with Gasteiger partial charge in [0, 0.05) is 47.6 Å². The molecule has 2 aromatic rings. The van der Waals surface area contributed by atoms with E-state index in [1.54, 1.807) is 36.4 Å². The zero-order chi connectivity index (χ0) is 21.4. The summed E-state index contributed by atoms with van der Waals surface area (Å²) in [7, 11) is 2.95. The second-order valence-corrected chi connectivity index (χ2v) is 6.46. The van der Waals surface area contributed by atoms with Crippen LogP contribution in [0, 0.1) is 0 Å². The van der Waals surface area contributed by atoms with Crippen molar-refractivity contribution in [3.8, 4) is 22.6 Å². The number of benzene rings is 2. The van der Waals surface area contributed by atoms with Gasteiger partial charge in [0.2, 0.25) is 0 Å². The summed E-state index contributed by atoms with van der Waals surface area (Å²) in [6.07, 6.45) is 4.83. The quantitative estimate of drug-likeness (QED) is 0.710. The van der Waals surface area contributed by atoms with Crippen LogP contribution in [0.15, 0.2) is 60.7 Å². The predicted molar refractivity (Wildman–Crippen MR) is 108 cm³/mol. The maximum Gasteiger partial charge on any atom is 0.258 e. The number of carbonyl (C=O) groups is 4. The highest BCUT2D eigenvalue weighted by Crippen LogP contribution is 2.40. The van der Waals surface area contributed by atoms with E-state index in [1.165, 1.54) is 38.5 Å². The monoisotopic (exact) mass is 404 g/mol. The van der Waals surface area contributed by atoms with Gasteiger partial charge in [-0.1, -0.05) is 0 Å². The van der Waals surface area contributed by atoms with Crippen LogP contribution in [0.4, 0.5) is 11.4 Å². The van der Waals surface area contributed by atoms with Gasteiger partial charge in [0.1, 0.15) is 11.5 Å². The minimum atomic E-state index is -0.426. The predicted octanol–water partition coefficient (Wildman–Crippen LogP) is 2.23. The van der Waals surface area contributed by atoms with E-state index in [0.717, 1.165) is 9.80 Å². The standard InChI is InChI=1S/C22H16N2O6/c1-29-17-11-13(23-19(25)7-8-20(23)26)3-5-15(17)16-6-4-14(12-18(16)30-2)24-21(27)9-10-22(24)28/h3-12H,1-2H3. The summed E-state index contributed by atoms with van der Waals surface area (Å²) in [5.41, 5.74) is 2.05. The van der Waals surface area contributed by atoms with E-state index < -0.39 is 23.6 Å². The Hall–Kier alpha value is -4.20. The van der Waals surface area contributed by atoms with Crippen LogP contribution in [-0.4, -0.2) is 37.8 Å². The Balaban J connectivity index is 1.75. The van der Waals surface area contributed by atoms with Gasteiger partial charge in [-0.2, -0.15) is 0 Å². The van der Waals surface area contributed by atoms with Crippen molar-refractivity contribution in [2.75, 3.05) is 24.0 Å². The third kappa shape index (κ3) is 3.04. The molecule has 4 amide bonds. The summed E-state index contributed by atoms with van der Waals surface area (Å²) in [5, 5.41) is 0. The summed E-state index contributed by atoms with van der Waals surface area (Å²) in [6, 6.07) is 9.85. The van der Waals surface area contributed by atoms with Crippen molar-refractivity contribution in [2.24, 2.45) is 0 Å². The van der Waals surface area contributed by atoms with Gasteiger partial charge in [-0.15, -0.1) is 0 Å². The topological polar surface area (TPSA) is 93.2 Å². The SMILES string of the molecule is COc1cc(N2C(=O)C=CC2=O)ccc1-c1ccc(N2C(=O)C=CC2=O)cc1OC. The molecule has 2 aliphatic rings. The molecule has 0 saturated carbocycles. The molecule has 0 radical (unpaired) electrons. The lowest BCUT2D eigenvalue weighted by molar-refractivity contribution is -0.121. The van der Waals surface area contributed by atoms with Crippen LogP contribution in [0.25, 0.3) is 11.1 Å². The first-order chi connectivity index (χ1) is 14.4. The average Bonchev–Trinajstić information content (AvgIpc) is 3.27. The van der Waals surface area contributed by atoms with E-state index in [0.29, 0.717) is 34.0 Å². The van der Waals surface area contributed by atoms with Gasteiger partial charge in [-0.25, -0.2) is 9.80 Å². The lowest BCUT2D eigenvalue weighted by Crippen LogP contribution is -2.29. The molecule has 0 bridgehead atoms. The summed E-state index contributed by atoms with van der Waals surface area (Å²) in [4.78, 5) is 49.9. The largest absolute Gasteiger partial charge is 0.496 e. The van der Waals surface area contributed by atoms with E-state index >= 15 is 0 Å². The molecule has 0 N–H and O–H groups in total. The van der Waals surface area contributed by atoms with Crippen LogP contribution >= 0.6 is 0 Å².